The summed E-state index contributed by atoms with van der Waals surface area (Å²) in [5.41, 5.74) is 2.99. The van der Waals surface area contributed by atoms with Crippen LogP contribution in [-0.2, 0) is 16.1 Å². The van der Waals surface area contributed by atoms with Crippen LogP contribution < -0.4 is 19.7 Å². The smallest absolute Gasteiger partial charge is 0.249 e. The lowest BCUT2D eigenvalue weighted by Crippen LogP contribution is -2.51. The molecule has 4 rings (SSSR count). The van der Waals surface area contributed by atoms with E-state index in [0.717, 1.165) is 11.1 Å². The van der Waals surface area contributed by atoms with E-state index in [1.165, 1.54) is 19.1 Å². The van der Waals surface area contributed by atoms with Gasteiger partial charge in [-0.2, -0.15) is 0 Å². The van der Waals surface area contributed by atoms with Crippen LogP contribution in [0.2, 0.25) is 0 Å². The third kappa shape index (κ3) is 5.87. The second-order valence-corrected chi connectivity index (χ2v) is 10.0. The van der Waals surface area contributed by atoms with Crippen molar-refractivity contribution < 1.29 is 19.1 Å². The van der Waals surface area contributed by atoms with Crippen LogP contribution in [0.3, 0.4) is 0 Å². The van der Waals surface area contributed by atoms with Crippen LogP contribution in [-0.4, -0.2) is 46.6 Å². The van der Waals surface area contributed by atoms with E-state index >= 15 is 0 Å². The molecule has 9 nitrogen and oxygen atoms in total. The molecule has 0 spiro atoms. The molecule has 0 aliphatic heterocycles. The van der Waals surface area contributed by atoms with E-state index < -0.39 is 11.6 Å². The molecule has 3 aromatic carbocycles. The Bertz CT molecular complexity index is 1460. The van der Waals surface area contributed by atoms with E-state index in [9.17, 15) is 9.59 Å². The van der Waals surface area contributed by atoms with Crippen molar-refractivity contribution in [2.45, 2.75) is 52.2 Å². The Morgan fingerprint density at radius 3 is 2.38 bits per heavy atom. The lowest BCUT2D eigenvalue weighted by molar-refractivity contribution is -0.128. The molecule has 0 fully saturated rings. The number of aryl methyl sites for hydroxylation is 1. The Kier molecular flexibility index (Phi) is 8.18. The summed E-state index contributed by atoms with van der Waals surface area (Å²) >= 11 is 0. The summed E-state index contributed by atoms with van der Waals surface area (Å²) in [5, 5.41) is 11.5. The lowest BCUT2D eigenvalue weighted by Gasteiger charge is -2.35. The zero-order valence-electron chi connectivity index (χ0n) is 23.3. The van der Waals surface area contributed by atoms with Crippen LogP contribution >= 0.6 is 0 Å². The van der Waals surface area contributed by atoms with Crippen molar-refractivity contribution >= 4 is 28.5 Å². The molecule has 9 heteroatoms. The average Bonchev–Trinajstić information content (AvgIpc) is 3.34. The molecule has 0 radical (unpaired) electrons. The molecule has 1 N–H and O–H groups in total. The summed E-state index contributed by atoms with van der Waals surface area (Å²) in [6.07, 6.45) is 0.699. The average molecular weight is 530 g/mol. The topological polar surface area (TPSA) is 98.6 Å². The molecule has 0 unspecified atom stereocenters. The van der Waals surface area contributed by atoms with Crippen molar-refractivity contribution in [2.75, 3.05) is 19.1 Å². The highest BCUT2D eigenvalue weighted by molar-refractivity contribution is 6.02. The van der Waals surface area contributed by atoms with Crippen molar-refractivity contribution in [1.29, 1.82) is 0 Å². The number of hydrogen-bond acceptors (Lipinski definition) is 6. The Labute approximate surface area is 228 Å². The number of amides is 2. The second-order valence-electron chi connectivity index (χ2n) is 10.0. The molecule has 0 aliphatic carbocycles. The molecule has 0 aliphatic rings. The number of nitrogens with zero attached hydrogens (tertiary/aromatic N) is 4. The number of methoxy groups -OCH3 is 2. The van der Waals surface area contributed by atoms with Crippen LogP contribution in [0.25, 0.3) is 11.0 Å². The summed E-state index contributed by atoms with van der Waals surface area (Å²) < 4.78 is 12.8. The molecule has 2 amide bonds. The number of aromatic nitrogens is 3. The van der Waals surface area contributed by atoms with E-state index in [4.69, 9.17) is 9.47 Å². The first-order valence-corrected chi connectivity index (χ1v) is 12.9. The Balaban J connectivity index is 1.89. The largest absolute Gasteiger partial charge is 0.493 e. The van der Waals surface area contributed by atoms with Crippen LogP contribution in [0.1, 0.15) is 44.4 Å². The number of hydrogen-bond donors (Lipinski definition) is 1. The number of para-hydroxylation sites is 2. The van der Waals surface area contributed by atoms with Crippen molar-refractivity contribution in [1.82, 2.24) is 20.3 Å². The van der Waals surface area contributed by atoms with Gasteiger partial charge in [0, 0.05) is 16.8 Å². The van der Waals surface area contributed by atoms with Gasteiger partial charge in [-0.1, -0.05) is 54.1 Å². The van der Waals surface area contributed by atoms with Gasteiger partial charge in [-0.15, -0.1) is 5.10 Å². The number of anilines is 1. The van der Waals surface area contributed by atoms with Crippen molar-refractivity contribution in [2.24, 2.45) is 0 Å². The van der Waals surface area contributed by atoms with Crippen molar-refractivity contribution in [3.8, 4) is 11.5 Å². The SMILES string of the molecule is CCC(C)(C)NC(=O)[C@@H](c1cccc(OC)c1OC)N(C(=O)Cn1nnc2ccccc21)c1ccc(C)cc1. The van der Waals surface area contributed by atoms with E-state index in [1.807, 2.05) is 76.2 Å². The van der Waals surface area contributed by atoms with E-state index in [0.29, 0.717) is 34.7 Å². The van der Waals surface area contributed by atoms with Crippen LogP contribution in [0, 0.1) is 6.92 Å². The quantitative estimate of drug-likeness (QED) is 0.316. The third-order valence-corrected chi connectivity index (χ3v) is 6.87. The number of benzene rings is 3. The van der Waals surface area contributed by atoms with Crippen LogP contribution in [0.5, 0.6) is 11.5 Å². The highest BCUT2D eigenvalue weighted by Gasteiger charge is 2.37. The number of nitrogens with one attached hydrogen (secondary N) is 1. The molecule has 39 heavy (non-hydrogen) atoms. The molecule has 0 saturated carbocycles. The Hall–Kier alpha value is -4.40. The standard InChI is InChI=1S/C30H35N5O4/c1-7-30(3,4)31-29(37)27(22-11-10-14-25(38-5)28(22)39-6)35(21-17-15-20(2)16-18-21)26(36)19-34-24-13-9-8-12-23(24)32-33-34/h8-18,27H,7,19H2,1-6H3,(H,31,37)/t27-/m1/s1. The minimum atomic E-state index is -1.06. The maximum atomic E-state index is 14.2. The van der Waals surface area contributed by atoms with Gasteiger partial charge in [0.2, 0.25) is 11.8 Å². The summed E-state index contributed by atoms with van der Waals surface area (Å²) in [6.45, 7) is 7.74. The molecule has 1 aromatic heterocycles. The number of ether oxygens (including phenoxy) is 2. The molecule has 204 valence electrons. The van der Waals surface area contributed by atoms with E-state index in [2.05, 4.69) is 15.6 Å². The number of carbonyl (C=O) groups is 2. The first-order valence-electron chi connectivity index (χ1n) is 12.9. The zero-order valence-corrected chi connectivity index (χ0v) is 23.3. The maximum absolute atomic E-state index is 14.2. The molecule has 4 aromatic rings. The Morgan fingerprint density at radius 2 is 1.72 bits per heavy atom. The maximum Gasteiger partial charge on any atom is 0.249 e. The van der Waals surface area contributed by atoms with E-state index in [1.54, 1.807) is 22.9 Å². The molecular formula is C30H35N5O4. The zero-order chi connectivity index (χ0) is 28.2. The van der Waals surface area contributed by atoms with E-state index in [-0.39, 0.29) is 18.4 Å². The van der Waals surface area contributed by atoms with Gasteiger partial charge in [-0.05, 0) is 57.5 Å². The summed E-state index contributed by atoms with van der Waals surface area (Å²) in [6, 6.07) is 19.2. The van der Waals surface area contributed by atoms with Gasteiger partial charge >= 0.3 is 0 Å². The molecule has 1 atom stereocenters. The molecule has 0 bridgehead atoms. The molecule has 0 saturated heterocycles. The summed E-state index contributed by atoms with van der Waals surface area (Å²) in [5.74, 6) is 0.159. The third-order valence-electron chi connectivity index (χ3n) is 6.87. The van der Waals surface area contributed by atoms with Gasteiger partial charge < -0.3 is 14.8 Å². The van der Waals surface area contributed by atoms with Gasteiger partial charge in [-0.25, -0.2) is 4.68 Å². The fourth-order valence-electron chi connectivity index (χ4n) is 4.40. The normalized spacial score (nSPS) is 12.2. The molecular weight excluding hydrogens is 494 g/mol. The number of fused-ring (bicyclic) bond motifs is 1. The number of carbonyl (C=O) groups excluding carboxylic acids is 2. The van der Waals surface area contributed by atoms with Gasteiger partial charge in [0.15, 0.2) is 11.5 Å². The summed E-state index contributed by atoms with van der Waals surface area (Å²) in [7, 11) is 3.06. The molecule has 1 heterocycles. The fourth-order valence-corrected chi connectivity index (χ4v) is 4.40. The predicted octanol–water partition coefficient (Wildman–Crippen LogP) is 4.84. The van der Waals surface area contributed by atoms with Gasteiger partial charge in [0.05, 0.1) is 19.7 Å². The van der Waals surface area contributed by atoms with Gasteiger partial charge in [-0.3, -0.25) is 14.5 Å². The fraction of sp³-hybridized carbons (Fsp3) is 0.333. The Morgan fingerprint density at radius 1 is 1.00 bits per heavy atom. The van der Waals surface area contributed by atoms with Gasteiger partial charge in [0.25, 0.3) is 0 Å². The van der Waals surface area contributed by atoms with Crippen LogP contribution in [0.15, 0.2) is 66.7 Å². The lowest BCUT2D eigenvalue weighted by atomic mass is 9.97. The minimum Gasteiger partial charge on any atom is -0.493 e. The van der Waals surface area contributed by atoms with Crippen LogP contribution in [0.4, 0.5) is 5.69 Å². The first-order chi connectivity index (χ1) is 18.7. The number of rotatable bonds is 10. The van der Waals surface area contributed by atoms with Gasteiger partial charge in [0.1, 0.15) is 18.1 Å². The first kappa shape index (κ1) is 27.6. The summed E-state index contributed by atoms with van der Waals surface area (Å²) in [4.78, 5) is 29.9. The second kappa shape index (κ2) is 11.6. The monoisotopic (exact) mass is 529 g/mol. The highest BCUT2D eigenvalue weighted by Crippen LogP contribution is 2.39. The minimum absolute atomic E-state index is 0.123. The van der Waals surface area contributed by atoms with Crippen molar-refractivity contribution in [3.63, 3.8) is 0 Å². The predicted molar refractivity (Wildman–Crippen MR) is 151 cm³/mol. The van der Waals surface area contributed by atoms with Crippen molar-refractivity contribution in [3.05, 3.63) is 77.9 Å². The highest BCUT2D eigenvalue weighted by atomic mass is 16.5.